The molecule has 8 heteroatoms. The van der Waals surface area contributed by atoms with Crippen molar-refractivity contribution >= 4 is 34.9 Å². The number of pyridine rings is 1. The van der Waals surface area contributed by atoms with Gasteiger partial charge in [-0.05, 0) is 6.92 Å². The first-order chi connectivity index (χ1) is 8.88. The molecule has 1 aromatic rings. The van der Waals surface area contributed by atoms with Crippen molar-refractivity contribution in [1.29, 1.82) is 0 Å². The molecule has 0 radical (unpaired) electrons. The van der Waals surface area contributed by atoms with Crippen LogP contribution in [0.2, 0.25) is 10.0 Å². The lowest BCUT2D eigenvalue weighted by molar-refractivity contribution is -0.149. The van der Waals surface area contributed by atoms with Gasteiger partial charge in [0.05, 0.1) is 5.69 Å². The van der Waals surface area contributed by atoms with Crippen LogP contribution in [0, 0.1) is 5.95 Å². The van der Waals surface area contributed by atoms with Gasteiger partial charge < -0.3 is 15.2 Å². The molecular weight excluding hydrogens is 298 g/mol. The zero-order valence-corrected chi connectivity index (χ0v) is 11.5. The van der Waals surface area contributed by atoms with Crippen LogP contribution < -0.4 is 10.5 Å². The van der Waals surface area contributed by atoms with Crippen molar-refractivity contribution < 1.29 is 18.7 Å². The lowest BCUT2D eigenvalue weighted by Crippen LogP contribution is -2.26. The topological polar surface area (TPSA) is 74.4 Å². The number of anilines is 1. The van der Waals surface area contributed by atoms with Crippen LogP contribution in [0.5, 0.6) is 5.88 Å². The van der Waals surface area contributed by atoms with Crippen molar-refractivity contribution in [2.45, 2.75) is 13.0 Å². The van der Waals surface area contributed by atoms with Crippen molar-refractivity contribution in [3.63, 3.8) is 0 Å². The summed E-state index contributed by atoms with van der Waals surface area (Å²) in [6, 6.07) is 0. The van der Waals surface area contributed by atoms with Gasteiger partial charge >= 0.3 is 5.97 Å². The van der Waals surface area contributed by atoms with E-state index in [-0.39, 0.29) is 23.2 Å². The highest BCUT2D eigenvalue weighted by atomic mass is 35.5. The van der Waals surface area contributed by atoms with E-state index < -0.39 is 23.0 Å². The monoisotopic (exact) mass is 308 g/mol. The molecule has 0 unspecified atom stereocenters. The van der Waals surface area contributed by atoms with Crippen LogP contribution in [-0.4, -0.2) is 23.7 Å². The summed E-state index contributed by atoms with van der Waals surface area (Å²) in [5, 5.41) is -0.575. The third kappa shape index (κ3) is 3.71. The number of halogens is 3. The minimum absolute atomic E-state index is 0.0326. The molecule has 0 saturated carbocycles. The fourth-order valence-electron chi connectivity index (χ4n) is 1.06. The Bertz CT molecular complexity index is 511. The maximum absolute atomic E-state index is 13.3. The molecule has 0 aromatic carbocycles. The number of hydrogen-bond donors (Lipinski definition) is 1. The van der Waals surface area contributed by atoms with E-state index in [0.29, 0.717) is 0 Å². The van der Waals surface area contributed by atoms with Gasteiger partial charge in [-0.1, -0.05) is 35.9 Å². The Hall–Kier alpha value is -1.53. The van der Waals surface area contributed by atoms with Crippen LogP contribution in [0.25, 0.3) is 0 Å². The first-order valence-corrected chi connectivity index (χ1v) is 5.88. The minimum atomic E-state index is -1.04. The fourth-order valence-corrected chi connectivity index (χ4v) is 1.43. The van der Waals surface area contributed by atoms with E-state index in [2.05, 4.69) is 11.6 Å². The summed E-state index contributed by atoms with van der Waals surface area (Å²) in [5.74, 6) is -2.04. The Morgan fingerprint density at radius 1 is 1.58 bits per heavy atom. The van der Waals surface area contributed by atoms with Gasteiger partial charge in [0.2, 0.25) is 11.8 Å². The lowest BCUT2D eigenvalue weighted by atomic mass is 10.4. The molecular formula is C11H11Cl2FN2O3. The van der Waals surface area contributed by atoms with Gasteiger partial charge in [-0.15, -0.1) is 0 Å². The molecule has 2 N–H and O–H groups in total. The van der Waals surface area contributed by atoms with E-state index in [4.69, 9.17) is 38.4 Å². The maximum atomic E-state index is 13.3. The third-order valence-corrected chi connectivity index (χ3v) is 2.73. The smallest absolute Gasteiger partial charge is 0.347 e. The molecule has 5 nitrogen and oxygen atoms in total. The quantitative estimate of drug-likeness (QED) is 0.514. The molecule has 0 aliphatic heterocycles. The van der Waals surface area contributed by atoms with E-state index >= 15 is 0 Å². The Balaban J connectivity index is 2.88. The SMILES string of the molecule is C=CCOC(=O)[C@@H](C)Oc1nc(F)c(Cl)c(N)c1Cl. The summed E-state index contributed by atoms with van der Waals surface area (Å²) in [4.78, 5) is 14.8. The first-order valence-electron chi connectivity index (χ1n) is 5.12. The van der Waals surface area contributed by atoms with Gasteiger partial charge in [-0.3, -0.25) is 0 Å². The molecule has 1 heterocycles. The zero-order chi connectivity index (χ0) is 14.6. The Morgan fingerprint density at radius 2 is 2.21 bits per heavy atom. The second-order valence-corrected chi connectivity index (χ2v) is 4.18. The summed E-state index contributed by atoms with van der Waals surface area (Å²) >= 11 is 11.3. The number of aromatic nitrogens is 1. The number of nitrogen functional groups attached to an aromatic ring is 1. The zero-order valence-electron chi connectivity index (χ0n) is 9.95. The van der Waals surface area contributed by atoms with Gasteiger partial charge in [0.1, 0.15) is 16.7 Å². The molecule has 1 rings (SSSR count). The van der Waals surface area contributed by atoms with Gasteiger partial charge in [0, 0.05) is 0 Å². The van der Waals surface area contributed by atoms with E-state index in [0.717, 1.165) is 0 Å². The molecule has 0 bridgehead atoms. The number of rotatable bonds is 5. The molecule has 0 saturated heterocycles. The predicted molar refractivity (Wildman–Crippen MR) is 69.9 cm³/mol. The van der Waals surface area contributed by atoms with Crippen molar-refractivity contribution in [1.82, 2.24) is 4.98 Å². The number of nitrogens with zero attached hydrogens (tertiary/aromatic N) is 1. The first kappa shape index (κ1) is 15.5. The summed E-state index contributed by atoms with van der Waals surface area (Å²) in [7, 11) is 0. The largest absolute Gasteiger partial charge is 0.461 e. The number of esters is 1. The molecule has 19 heavy (non-hydrogen) atoms. The van der Waals surface area contributed by atoms with Gasteiger partial charge in [0.25, 0.3) is 0 Å². The third-order valence-electron chi connectivity index (χ3n) is 2.01. The normalized spacial score (nSPS) is 11.8. The highest BCUT2D eigenvalue weighted by Crippen LogP contribution is 2.35. The Kier molecular flexibility index (Phi) is 5.38. The number of carbonyl (C=O) groups excluding carboxylic acids is 1. The van der Waals surface area contributed by atoms with Crippen molar-refractivity contribution in [3.8, 4) is 5.88 Å². The average Bonchev–Trinajstić information content (AvgIpc) is 2.39. The van der Waals surface area contributed by atoms with Crippen LogP contribution in [-0.2, 0) is 9.53 Å². The minimum Gasteiger partial charge on any atom is -0.461 e. The van der Waals surface area contributed by atoms with E-state index in [1.54, 1.807) is 0 Å². The van der Waals surface area contributed by atoms with E-state index in [1.165, 1.54) is 13.0 Å². The molecule has 1 aromatic heterocycles. The van der Waals surface area contributed by atoms with Gasteiger partial charge in [-0.25, -0.2) is 4.79 Å². The van der Waals surface area contributed by atoms with E-state index in [1.807, 2.05) is 0 Å². The summed E-state index contributed by atoms with van der Waals surface area (Å²) in [6.45, 7) is 4.82. The molecule has 0 fully saturated rings. The Morgan fingerprint density at radius 3 is 2.79 bits per heavy atom. The van der Waals surface area contributed by atoms with Crippen LogP contribution in [0.3, 0.4) is 0 Å². The standard InChI is InChI=1S/C11H11Cl2FN2O3/c1-3-4-18-11(17)5(2)19-10-7(13)8(15)6(12)9(14)16-10/h3,5H,1,4H2,2H3,(H2,15,16)/t5-/m1/s1. The second-order valence-electron chi connectivity index (χ2n) is 3.43. The van der Waals surface area contributed by atoms with E-state index in [9.17, 15) is 9.18 Å². The van der Waals surface area contributed by atoms with Crippen LogP contribution in [0.1, 0.15) is 6.92 Å². The van der Waals surface area contributed by atoms with Crippen LogP contribution in [0.15, 0.2) is 12.7 Å². The molecule has 104 valence electrons. The highest BCUT2D eigenvalue weighted by Gasteiger charge is 2.22. The van der Waals surface area contributed by atoms with Gasteiger partial charge in [0.15, 0.2) is 6.10 Å². The van der Waals surface area contributed by atoms with Gasteiger partial charge in [-0.2, -0.15) is 9.37 Å². The van der Waals surface area contributed by atoms with Crippen molar-refractivity contribution in [2.24, 2.45) is 0 Å². The number of hydrogen-bond acceptors (Lipinski definition) is 5. The lowest BCUT2D eigenvalue weighted by Gasteiger charge is -2.14. The average molecular weight is 309 g/mol. The number of nitrogens with two attached hydrogens (primary N) is 1. The fraction of sp³-hybridized carbons (Fsp3) is 0.273. The van der Waals surface area contributed by atoms with Crippen molar-refractivity contribution in [2.75, 3.05) is 12.3 Å². The summed E-state index contributed by atoms with van der Waals surface area (Å²) in [6.07, 6.45) is 0.362. The second kappa shape index (κ2) is 6.58. The predicted octanol–water partition coefficient (Wildman–Crippen LogP) is 2.61. The van der Waals surface area contributed by atoms with Crippen LogP contribution >= 0.6 is 23.2 Å². The van der Waals surface area contributed by atoms with Crippen molar-refractivity contribution in [3.05, 3.63) is 28.6 Å². The summed E-state index contributed by atoms with van der Waals surface area (Å²) in [5.41, 5.74) is 5.25. The van der Waals surface area contributed by atoms with Crippen LogP contribution in [0.4, 0.5) is 10.1 Å². The number of ether oxygens (including phenoxy) is 2. The Labute approximate surface area is 119 Å². The summed E-state index contributed by atoms with van der Waals surface area (Å²) < 4.78 is 23.1. The molecule has 0 aliphatic rings. The molecule has 1 atom stereocenters. The molecule has 0 amide bonds. The molecule has 0 aliphatic carbocycles. The highest BCUT2D eigenvalue weighted by molar-refractivity contribution is 6.39. The maximum Gasteiger partial charge on any atom is 0.347 e. The number of carbonyl (C=O) groups is 1. The molecule has 0 spiro atoms.